The Bertz CT molecular complexity index is 794. The summed E-state index contributed by atoms with van der Waals surface area (Å²) >= 11 is 3.36. The van der Waals surface area contributed by atoms with E-state index in [1.807, 2.05) is 23.9 Å². The minimum absolute atomic E-state index is 0.0910. The molecule has 1 aromatic heterocycles. The molecular weight excluding hydrogens is 326 g/mol. The summed E-state index contributed by atoms with van der Waals surface area (Å²) < 4.78 is 5.31. The van der Waals surface area contributed by atoms with E-state index in [1.54, 1.807) is 7.11 Å². The molecule has 1 aliphatic heterocycles. The number of thiazole rings is 1. The lowest BCUT2D eigenvalue weighted by atomic mass is 9.75. The van der Waals surface area contributed by atoms with Crippen LogP contribution in [0.1, 0.15) is 35.6 Å². The Morgan fingerprint density at radius 3 is 2.74 bits per heavy atom. The van der Waals surface area contributed by atoms with Gasteiger partial charge in [-0.1, -0.05) is 23.5 Å². The summed E-state index contributed by atoms with van der Waals surface area (Å²) in [5, 5.41) is 1.81. The Balaban J connectivity index is 1.64. The number of aromatic nitrogens is 1. The summed E-state index contributed by atoms with van der Waals surface area (Å²) in [4.78, 5) is 16.4. The first-order valence-electron chi connectivity index (χ1n) is 8.28. The standard InChI is InChI=1S/C18H19NO2S2/c1-21-12-6-4-9(5-7-12)13-14-10-2-3-11(8-10)15(14)22-17-16(13)23-18(20)19-17/h4-7,10-11,13-15H,2-3,8H2,1H3,(H,19,20)/t10-,11-,13-,14+,15-/m0/s1. The zero-order valence-electron chi connectivity index (χ0n) is 13.0. The van der Waals surface area contributed by atoms with E-state index in [-0.39, 0.29) is 4.87 Å². The van der Waals surface area contributed by atoms with Crippen molar-refractivity contribution in [3.8, 4) is 5.75 Å². The molecule has 0 saturated heterocycles. The van der Waals surface area contributed by atoms with Gasteiger partial charge in [-0.2, -0.15) is 0 Å². The lowest BCUT2D eigenvalue weighted by Crippen LogP contribution is -2.33. The first kappa shape index (κ1) is 14.2. The molecule has 3 aliphatic rings. The van der Waals surface area contributed by atoms with Gasteiger partial charge in [0, 0.05) is 16.0 Å². The molecule has 2 aliphatic carbocycles. The van der Waals surface area contributed by atoms with Crippen LogP contribution in [0.3, 0.4) is 0 Å². The quantitative estimate of drug-likeness (QED) is 0.891. The van der Waals surface area contributed by atoms with Crippen LogP contribution in [0.4, 0.5) is 0 Å². The van der Waals surface area contributed by atoms with Crippen LogP contribution in [-0.4, -0.2) is 17.3 Å². The molecule has 3 nitrogen and oxygen atoms in total. The number of thioether (sulfide) groups is 1. The Morgan fingerprint density at radius 2 is 1.96 bits per heavy atom. The van der Waals surface area contributed by atoms with Gasteiger partial charge in [0.25, 0.3) is 0 Å². The number of hydrogen-bond acceptors (Lipinski definition) is 4. The monoisotopic (exact) mass is 345 g/mol. The van der Waals surface area contributed by atoms with Crippen molar-refractivity contribution in [3.63, 3.8) is 0 Å². The molecule has 0 unspecified atom stereocenters. The van der Waals surface area contributed by atoms with Crippen molar-refractivity contribution in [2.45, 2.75) is 35.5 Å². The Kier molecular flexibility index (Phi) is 3.17. The number of fused-ring (bicyclic) bond motifs is 6. The van der Waals surface area contributed by atoms with Crippen LogP contribution >= 0.6 is 23.1 Å². The highest BCUT2D eigenvalue weighted by molar-refractivity contribution is 8.00. The number of benzene rings is 1. The second-order valence-electron chi connectivity index (χ2n) is 6.95. The van der Waals surface area contributed by atoms with E-state index in [9.17, 15) is 4.79 Å². The largest absolute Gasteiger partial charge is 0.497 e. The molecule has 0 amide bonds. The van der Waals surface area contributed by atoms with Crippen molar-refractivity contribution < 1.29 is 4.74 Å². The fourth-order valence-electron chi connectivity index (χ4n) is 5.03. The molecule has 1 N–H and O–H groups in total. The van der Waals surface area contributed by atoms with Crippen LogP contribution in [0.15, 0.2) is 34.1 Å². The number of hydrogen-bond donors (Lipinski definition) is 1. The molecule has 2 bridgehead atoms. The number of H-pyrrole nitrogens is 1. The Labute approximate surface area is 143 Å². The molecule has 5 atom stereocenters. The molecule has 2 fully saturated rings. The molecule has 5 rings (SSSR count). The maximum atomic E-state index is 12.0. The average Bonchev–Trinajstić information content (AvgIpc) is 3.26. The second-order valence-corrected chi connectivity index (χ2v) is 9.15. The van der Waals surface area contributed by atoms with Gasteiger partial charge in [0.1, 0.15) is 5.75 Å². The van der Waals surface area contributed by atoms with Gasteiger partial charge >= 0.3 is 4.87 Å². The fraction of sp³-hybridized carbons (Fsp3) is 0.500. The average molecular weight is 345 g/mol. The smallest absolute Gasteiger partial charge is 0.305 e. The SMILES string of the molecule is COc1ccc([C@@H]2c3sc(=O)[nH]c3S[C@H]3[C@H]4CC[C@@H](C4)[C@H]23)cc1. The zero-order chi connectivity index (χ0) is 15.6. The molecule has 2 heterocycles. The van der Waals surface area contributed by atoms with E-state index in [0.717, 1.165) is 22.6 Å². The molecule has 1 aromatic carbocycles. The molecule has 120 valence electrons. The molecule has 5 heteroatoms. The van der Waals surface area contributed by atoms with Crippen molar-refractivity contribution >= 4 is 23.1 Å². The maximum absolute atomic E-state index is 12.0. The van der Waals surface area contributed by atoms with E-state index >= 15 is 0 Å². The van der Waals surface area contributed by atoms with Gasteiger partial charge in [-0.15, -0.1) is 11.8 Å². The number of methoxy groups -OCH3 is 1. The number of rotatable bonds is 2. The molecule has 2 aromatic rings. The minimum Gasteiger partial charge on any atom is -0.497 e. The third-order valence-corrected chi connectivity index (χ3v) is 8.56. The zero-order valence-corrected chi connectivity index (χ0v) is 14.6. The highest BCUT2D eigenvalue weighted by Crippen LogP contribution is 2.63. The van der Waals surface area contributed by atoms with Crippen molar-refractivity contribution in [2.24, 2.45) is 17.8 Å². The third kappa shape index (κ3) is 2.06. The fourth-order valence-corrected chi connectivity index (χ4v) is 7.93. The highest BCUT2D eigenvalue weighted by Gasteiger charge is 2.54. The van der Waals surface area contributed by atoms with Crippen molar-refractivity contribution in [3.05, 3.63) is 44.4 Å². The Morgan fingerprint density at radius 1 is 1.17 bits per heavy atom. The summed E-state index contributed by atoms with van der Waals surface area (Å²) in [7, 11) is 1.70. The summed E-state index contributed by atoms with van der Waals surface area (Å²) in [5.41, 5.74) is 1.34. The number of aromatic amines is 1. The van der Waals surface area contributed by atoms with E-state index in [1.165, 1.54) is 41.0 Å². The van der Waals surface area contributed by atoms with Gasteiger partial charge in [0.2, 0.25) is 0 Å². The lowest BCUT2D eigenvalue weighted by Gasteiger charge is -2.40. The van der Waals surface area contributed by atoms with Crippen molar-refractivity contribution in [2.75, 3.05) is 7.11 Å². The van der Waals surface area contributed by atoms with E-state index in [2.05, 4.69) is 17.1 Å². The normalized spacial score (nSPS) is 34.2. The number of ether oxygens (including phenoxy) is 1. The van der Waals surface area contributed by atoms with Gasteiger partial charge in [0.05, 0.1) is 12.1 Å². The van der Waals surface area contributed by atoms with Crippen LogP contribution in [0, 0.1) is 17.8 Å². The first-order valence-corrected chi connectivity index (χ1v) is 9.98. The molecule has 0 spiro atoms. The molecule has 23 heavy (non-hydrogen) atoms. The summed E-state index contributed by atoms with van der Waals surface area (Å²) in [6.07, 6.45) is 4.12. The third-order valence-electron chi connectivity index (χ3n) is 5.94. The maximum Gasteiger partial charge on any atom is 0.305 e. The Hall–Kier alpha value is -1.20. The van der Waals surface area contributed by atoms with Crippen LogP contribution in [0.2, 0.25) is 0 Å². The first-order chi connectivity index (χ1) is 11.2. The highest BCUT2D eigenvalue weighted by atomic mass is 32.2. The topological polar surface area (TPSA) is 42.1 Å². The van der Waals surface area contributed by atoms with Crippen LogP contribution in [-0.2, 0) is 0 Å². The lowest BCUT2D eigenvalue weighted by molar-refractivity contribution is 0.307. The summed E-state index contributed by atoms with van der Waals surface area (Å²) in [6.45, 7) is 0. The predicted molar refractivity (Wildman–Crippen MR) is 93.7 cm³/mol. The molecular formula is C18H19NO2S2. The number of nitrogens with one attached hydrogen (secondary N) is 1. The van der Waals surface area contributed by atoms with Crippen LogP contribution in [0.5, 0.6) is 5.75 Å². The van der Waals surface area contributed by atoms with Crippen molar-refractivity contribution in [1.82, 2.24) is 4.98 Å². The van der Waals surface area contributed by atoms with Crippen molar-refractivity contribution in [1.29, 1.82) is 0 Å². The van der Waals surface area contributed by atoms with Gasteiger partial charge < -0.3 is 9.72 Å². The van der Waals surface area contributed by atoms with Gasteiger partial charge in [-0.3, -0.25) is 4.79 Å². The van der Waals surface area contributed by atoms with Gasteiger partial charge in [-0.05, 0) is 54.7 Å². The molecule has 2 saturated carbocycles. The van der Waals surface area contributed by atoms with Crippen LogP contribution < -0.4 is 9.61 Å². The van der Waals surface area contributed by atoms with Gasteiger partial charge in [-0.25, -0.2) is 0 Å². The van der Waals surface area contributed by atoms with E-state index < -0.39 is 0 Å². The molecule has 0 radical (unpaired) electrons. The van der Waals surface area contributed by atoms with Gasteiger partial charge in [0.15, 0.2) is 0 Å². The second kappa shape index (κ2) is 5.15. The predicted octanol–water partition coefficient (Wildman–Crippen LogP) is 4.10. The summed E-state index contributed by atoms with van der Waals surface area (Å²) in [5.74, 6) is 3.63. The summed E-state index contributed by atoms with van der Waals surface area (Å²) in [6, 6.07) is 8.48. The van der Waals surface area contributed by atoms with Crippen LogP contribution in [0.25, 0.3) is 0 Å². The van der Waals surface area contributed by atoms with E-state index in [0.29, 0.717) is 17.1 Å². The minimum atomic E-state index is 0.0910. The van der Waals surface area contributed by atoms with E-state index in [4.69, 9.17) is 4.74 Å².